The summed E-state index contributed by atoms with van der Waals surface area (Å²) in [7, 11) is 0. The summed E-state index contributed by atoms with van der Waals surface area (Å²) in [4.78, 5) is 22.2. The molecule has 0 aliphatic heterocycles. The lowest BCUT2D eigenvalue weighted by Gasteiger charge is -2.11. The molecule has 0 bridgehead atoms. The van der Waals surface area contributed by atoms with E-state index in [1.807, 2.05) is 18.4 Å². The topological polar surface area (TPSA) is 111 Å². The summed E-state index contributed by atoms with van der Waals surface area (Å²) in [6.45, 7) is 7.57. The van der Waals surface area contributed by atoms with Crippen molar-refractivity contribution in [2.75, 3.05) is 24.7 Å². The number of nitrogens with one attached hydrogen (secondary N) is 2. The second-order valence-electron chi connectivity index (χ2n) is 8.14. The number of carbonyl (C=O) groups is 1. The van der Waals surface area contributed by atoms with Gasteiger partial charge in [0.2, 0.25) is 0 Å². The van der Waals surface area contributed by atoms with Gasteiger partial charge in [-0.05, 0) is 25.2 Å². The number of amides is 1. The fourth-order valence-electron chi connectivity index (χ4n) is 3.47. The van der Waals surface area contributed by atoms with E-state index in [-0.39, 0.29) is 5.91 Å². The van der Waals surface area contributed by atoms with Crippen LogP contribution in [0.5, 0.6) is 0 Å². The van der Waals surface area contributed by atoms with Crippen molar-refractivity contribution in [3.8, 4) is 11.3 Å². The summed E-state index contributed by atoms with van der Waals surface area (Å²) >= 11 is 7.78. The van der Waals surface area contributed by atoms with Crippen LogP contribution in [0.4, 0.5) is 5.82 Å². The molecule has 178 valence electrons. The van der Waals surface area contributed by atoms with Crippen molar-refractivity contribution < 1.29 is 9.32 Å². The maximum atomic E-state index is 13.0. The van der Waals surface area contributed by atoms with Gasteiger partial charge in [-0.15, -0.1) is 0 Å². The summed E-state index contributed by atoms with van der Waals surface area (Å²) in [6, 6.07) is 7.22. The SMILES string of the molecule is CSc1nc(NCC(C)C)c2cnn(CCNC(=O)c3c(-c4ccccc4Cl)noc3C)c2n1. The summed E-state index contributed by atoms with van der Waals surface area (Å²) < 4.78 is 7.07. The molecule has 2 N–H and O–H groups in total. The van der Waals surface area contributed by atoms with Gasteiger partial charge >= 0.3 is 0 Å². The van der Waals surface area contributed by atoms with Crippen molar-refractivity contribution in [3.05, 3.63) is 46.8 Å². The standard InChI is InChI=1S/C23H26ClN7O2S/c1-13(2)11-26-20-16-12-27-31(21(16)29-23(28-20)34-4)10-9-25-22(32)18-14(3)33-30-19(18)15-7-5-6-8-17(15)24/h5-8,12-13H,9-11H2,1-4H3,(H,25,32)(H,26,28,29). The highest BCUT2D eigenvalue weighted by Gasteiger charge is 2.23. The number of nitrogens with zero attached hydrogens (tertiary/aromatic N) is 5. The van der Waals surface area contributed by atoms with E-state index in [2.05, 4.69) is 44.7 Å². The van der Waals surface area contributed by atoms with Crippen LogP contribution < -0.4 is 10.6 Å². The molecular weight excluding hydrogens is 474 g/mol. The number of fused-ring (bicyclic) bond motifs is 1. The summed E-state index contributed by atoms with van der Waals surface area (Å²) in [5.41, 5.74) is 2.15. The Morgan fingerprint density at radius 2 is 2.06 bits per heavy atom. The summed E-state index contributed by atoms with van der Waals surface area (Å²) in [5, 5.41) is 16.9. The Bertz CT molecular complexity index is 1320. The van der Waals surface area contributed by atoms with Gasteiger partial charge in [-0.1, -0.05) is 60.6 Å². The Kier molecular flexibility index (Phi) is 7.38. The maximum absolute atomic E-state index is 13.0. The molecule has 3 heterocycles. The predicted octanol–water partition coefficient (Wildman–Crippen LogP) is 4.66. The first kappa shape index (κ1) is 24.0. The van der Waals surface area contributed by atoms with Crippen molar-refractivity contribution >= 4 is 46.1 Å². The zero-order valence-corrected chi connectivity index (χ0v) is 21.0. The molecule has 0 atom stereocenters. The van der Waals surface area contributed by atoms with E-state index in [9.17, 15) is 4.79 Å². The van der Waals surface area contributed by atoms with Gasteiger partial charge in [-0.3, -0.25) is 4.79 Å². The predicted molar refractivity (Wildman–Crippen MR) is 134 cm³/mol. The van der Waals surface area contributed by atoms with Crippen LogP contribution in [0.2, 0.25) is 5.02 Å². The first-order valence-corrected chi connectivity index (χ1v) is 12.5. The van der Waals surface area contributed by atoms with Crippen molar-refractivity contribution in [1.29, 1.82) is 0 Å². The van der Waals surface area contributed by atoms with Gasteiger partial charge in [0.25, 0.3) is 5.91 Å². The number of aryl methyl sites for hydroxylation is 1. The number of halogens is 1. The molecular formula is C23H26ClN7O2S. The zero-order chi connectivity index (χ0) is 24.2. The average Bonchev–Trinajstić information content (AvgIpc) is 3.41. The quantitative estimate of drug-likeness (QED) is 0.252. The maximum Gasteiger partial charge on any atom is 0.257 e. The molecule has 3 aromatic heterocycles. The fraction of sp³-hybridized carbons (Fsp3) is 0.348. The lowest BCUT2D eigenvalue weighted by Crippen LogP contribution is -2.28. The number of benzene rings is 1. The van der Waals surface area contributed by atoms with E-state index in [1.54, 1.807) is 29.9 Å². The molecule has 4 aromatic rings. The zero-order valence-electron chi connectivity index (χ0n) is 19.4. The van der Waals surface area contributed by atoms with E-state index in [0.29, 0.717) is 51.8 Å². The van der Waals surface area contributed by atoms with E-state index in [1.165, 1.54) is 11.8 Å². The van der Waals surface area contributed by atoms with E-state index in [4.69, 9.17) is 16.1 Å². The molecule has 0 saturated heterocycles. The largest absolute Gasteiger partial charge is 0.369 e. The van der Waals surface area contributed by atoms with Crippen LogP contribution in [0.1, 0.15) is 30.0 Å². The van der Waals surface area contributed by atoms with Crippen LogP contribution in [0.3, 0.4) is 0 Å². The minimum absolute atomic E-state index is 0.288. The van der Waals surface area contributed by atoms with Gasteiger partial charge in [0, 0.05) is 18.7 Å². The van der Waals surface area contributed by atoms with E-state index >= 15 is 0 Å². The third-order valence-electron chi connectivity index (χ3n) is 5.16. The van der Waals surface area contributed by atoms with Gasteiger partial charge in [-0.25, -0.2) is 14.6 Å². The van der Waals surface area contributed by atoms with Crippen molar-refractivity contribution in [1.82, 2.24) is 30.2 Å². The van der Waals surface area contributed by atoms with Crippen LogP contribution in [0.25, 0.3) is 22.3 Å². The lowest BCUT2D eigenvalue weighted by molar-refractivity contribution is 0.0951. The summed E-state index contributed by atoms with van der Waals surface area (Å²) in [6.07, 6.45) is 3.69. The van der Waals surface area contributed by atoms with Gasteiger partial charge in [0.15, 0.2) is 10.8 Å². The smallest absolute Gasteiger partial charge is 0.257 e. The third-order valence-corrected chi connectivity index (χ3v) is 6.04. The van der Waals surface area contributed by atoms with Crippen LogP contribution in [-0.2, 0) is 6.54 Å². The first-order chi connectivity index (χ1) is 16.4. The van der Waals surface area contributed by atoms with Crippen LogP contribution in [0.15, 0.2) is 40.1 Å². The average molecular weight is 500 g/mol. The Morgan fingerprint density at radius 3 is 2.79 bits per heavy atom. The molecule has 0 saturated carbocycles. The minimum Gasteiger partial charge on any atom is -0.369 e. The normalized spacial score (nSPS) is 11.4. The van der Waals surface area contributed by atoms with E-state index < -0.39 is 0 Å². The number of hydrogen-bond donors (Lipinski definition) is 2. The van der Waals surface area contributed by atoms with Crippen LogP contribution in [0, 0.1) is 12.8 Å². The van der Waals surface area contributed by atoms with E-state index in [0.717, 1.165) is 23.4 Å². The van der Waals surface area contributed by atoms with Crippen LogP contribution in [-0.4, -0.2) is 50.2 Å². The number of anilines is 1. The highest BCUT2D eigenvalue weighted by atomic mass is 35.5. The molecule has 0 spiro atoms. The fourth-order valence-corrected chi connectivity index (χ4v) is 4.05. The van der Waals surface area contributed by atoms with Crippen molar-refractivity contribution in [2.45, 2.75) is 32.5 Å². The second kappa shape index (κ2) is 10.4. The van der Waals surface area contributed by atoms with Gasteiger partial charge in [0.05, 0.1) is 23.2 Å². The molecule has 0 aliphatic rings. The molecule has 4 rings (SSSR count). The molecule has 11 heteroatoms. The Hall–Kier alpha value is -3.11. The minimum atomic E-state index is -0.288. The highest BCUT2D eigenvalue weighted by molar-refractivity contribution is 7.98. The number of rotatable bonds is 9. The van der Waals surface area contributed by atoms with Gasteiger partial charge < -0.3 is 15.2 Å². The molecule has 1 amide bonds. The molecule has 34 heavy (non-hydrogen) atoms. The lowest BCUT2D eigenvalue weighted by atomic mass is 10.1. The molecule has 0 aliphatic carbocycles. The van der Waals surface area contributed by atoms with Gasteiger partial charge in [0.1, 0.15) is 22.8 Å². The number of thioether (sulfide) groups is 1. The Morgan fingerprint density at radius 1 is 1.26 bits per heavy atom. The molecule has 0 unspecified atom stereocenters. The number of hydrogen-bond acceptors (Lipinski definition) is 8. The Labute approximate surface area is 206 Å². The van der Waals surface area contributed by atoms with Crippen molar-refractivity contribution in [2.24, 2.45) is 5.92 Å². The number of aromatic nitrogens is 5. The first-order valence-electron chi connectivity index (χ1n) is 10.9. The van der Waals surface area contributed by atoms with Crippen molar-refractivity contribution in [3.63, 3.8) is 0 Å². The molecule has 0 radical (unpaired) electrons. The molecule has 9 nitrogen and oxygen atoms in total. The molecule has 0 fully saturated rings. The van der Waals surface area contributed by atoms with Crippen LogP contribution >= 0.6 is 23.4 Å². The molecule has 1 aromatic carbocycles. The van der Waals surface area contributed by atoms with Gasteiger partial charge in [-0.2, -0.15) is 5.10 Å². The highest BCUT2D eigenvalue weighted by Crippen LogP contribution is 2.31. The third kappa shape index (κ3) is 5.02. The second-order valence-corrected chi connectivity index (χ2v) is 9.32. The summed E-state index contributed by atoms with van der Waals surface area (Å²) in [5.74, 6) is 1.38. The Balaban J connectivity index is 1.51. The number of carbonyl (C=O) groups excluding carboxylic acids is 1. The monoisotopic (exact) mass is 499 g/mol.